The van der Waals surface area contributed by atoms with Crippen molar-refractivity contribution in [2.24, 2.45) is 11.1 Å². The van der Waals surface area contributed by atoms with Crippen molar-refractivity contribution >= 4 is 5.91 Å². The zero-order chi connectivity index (χ0) is 17.3. The molecule has 1 heterocycles. The molecule has 134 valence electrons. The summed E-state index contributed by atoms with van der Waals surface area (Å²) in [6, 6.07) is 0.331. The van der Waals surface area contributed by atoms with Crippen LogP contribution in [0.25, 0.3) is 0 Å². The number of ether oxygens (including phenoxy) is 2. The van der Waals surface area contributed by atoms with Gasteiger partial charge in [-0.15, -0.1) is 0 Å². The van der Waals surface area contributed by atoms with Crippen LogP contribution in [0.4, 0.5) is 0 Å². The standard InChI is InChI=1S/C17H33N3O3/c1-6-23-14-11-17(18,16(14,3)4)15(21)20-8-7-19(9-10-22-5)13(2)12-20/h13-14H,6-12,18H2,1-5H3. The van der Waals surface area contributed by atoms with Gasteiger partial charge in [0.15, 0.2) is 0 Å². The van der Waals surface area contributed by atoms with Gasteiger partial charge < -0.3 is 20.1 Å². The molecule has 1 saturated carbocycles. The van der Waals surface area contributed by atoms with Crippen LogP contribution in [-0.4, -0.2) is 79.9 Å². The number of piperazine rings is 1. The summed E-state index contributed by atoms with van der Waals surface area (Å²) in [4.78, 5) is 17.3. The summed E-state index contributed by atoms with van der Waals surface area (Å²) < 4.78 is 10.9. The number of carbonyl (C=O) groups is 1. The molecular weight excluding hydrogens is 294 g/mol. The zero-order valence-electron chi connectivity index (χ0n) is 15.3. The Morgan fingerprint density at radius 1 is 1.35 bits per heavy atom. The fourth-order valence-electron chi connectivity index (χ4n) is 3.80. The largest absolute Gasteiger partial charge is 0.383 e. The molecular formula is C17H33N3O3. The zero-order valence-corrected chi connectivity index (χ0v) is 15.3. The number of amides is 1. The summed E-state index contributed by atoms with van der Waals surface area (Å²) in [7, 11) is 1.72. The third-order valence-electron chi connectivity index (χ3n) is 5.85. The molecule has 1 aliphatic heterocycles. The topological polar surface area (TPSA) is 68.0 Å². The van der Waals surface area contributed by atoms with Gasteiger partial charge in [-0.3, -0.25) is 9.69 Å². The van der Waals surface area contributed by atoms with Crippen LogP contribution >= 0.6 is 0 Å². The second-order valence-electron chi connectivity index (χ2n) is 7.47. The Kier molecular flexibility index (Phi) is 5.72. The van der Waals surface area contributed by atoms with Gasteiger partial charge in [0, 0.05) is 57.8 Å². The molecule has 23 heavy (non-hydrogen) atoms. The van der Waals surface area contributed by atoms with Crippen LogP contribution in [0.1, 0.15) is 34.1 Å². The van der Waals surface area contributed by atoms with E-state index in [-0.39, 0.29) is 17.4 Å². The van der Waals surface area contributed by atoms with Gasteiger partial charge in [0.05, 0.1) is 12.7 Å². The van der Waals surface area contributed by atoms with Crippen molar-refractivity contribution < 1.29 is 14.3 Å². The molecule has 6 heteroatoms. The van der Waals surface area contributed by atoms with Gasteiger partial charge in [-0.25, -0.2) is 0 Å². The normalized spacial score (nSPS) is 34.3. The van der Waals surface area contributed by atoms with E-state index in [1.54, 1.807) is 7.11 Å². The van der Waals surface area contributed by atoms with Gasteiger partial charge in [-0.05, 0) is 13.8 Å². The quantitative estimate of drug-likeness (QED) is 0.778. The molecule has 1 amide bonds. The number of nitrogens with two attached hydrogens (primary N) is 1. The third-order valence-corrected chi connectivity index (χ3v) is 5.85. The molecule has 0 radical (unpaired) electrons. The third kappa shape index (κ3) is 3.27. The highest BCUT2D eigenvalue weighted by molar-refractivity contribution is 5.89. The lowest BCUT2D eigenvalue weighted by Crippen LogP contribution is -2.77. The van der Waals surface area contributed by atoms with E-state index in [9.17, 15) is 4.79 Å². The van der Waals surface area contributed by atoms with Crippen LogP contribution < -0.4 is 5.73 Å². The summed E-state index contributed by atoms with van der Waals surface area (Å²) in [5.41, 5.74) is 5.40. The molecule has 2 rings (SSSR count). The summed E-state index contributed by atoms with van der Waals surface area (Å²) in [6.07, 6.45) is 0.687. The Bertz CT molecular complexity index is 429. The lowest BCUT2D eigenvalue weighted by molar-refractivity contribution is -0.181. The molecule has 3 atom stereocenters. The van der Waals surface area contributed by atoms with Gasteiger partial charge in [0.1, 0.15) is 5.54 Å². The summed E-state index contributed by atoms with van der Waals surface area (Å²) in [6.45, 7) is 12.9. The van der Waals surface area contributed by atoms with E-state index in [4.69, 9.17) is 15.2 Å². The van der Waals surface area contributed by atoms with E-state index in [2.05, 4.69) is 11.8 Å². The Balaban J connectivity index is 1.97. The fourth-order valence-corrected chi connectivity index (χ4v) is 3.80. The van der Waals surface area contributed by atoms with Crippen molar-refractivity contribution in [1.29, 1.82) is 0 Å². The molecule has 0 aromatic carbocycles. The maximum atomic E-state index is 13.0. The Labute approximate surface area is 140 Å². The van der Waals surface area contributed by atoms with E-state index >= 15 is 0 Å². The number of carbonyl (C=O) groups excluding carboxylic acids is 1. The van der Waals surface area contributed by atoms with Crippen molar-refractivity contribution in [3.63, 3.8) is 0 Å². The molecule has 1 saturated heterocycles. The van der Waals surface area contributed by atoms with Crippen LogP contribution in [0.5, 0.6) is 0 Å². The minimum atomic E-state index is -0.804. The Morgan fingerprint density at radius 2 is 2.04 bits per heavy atom. The van der Waals surface area contributed by atoms with Crippen LogP contribution in [0.2, 0.25) is 0 Å². The molecule has 2 N–H and O–H groups in total. The molecule has 0 aromatic rings. The summed E-state index contributed by atoms with van der Waals surface area (Å²) >= 11 is 0. The van der Waals surface area contributed by atoms with E-state index in [1.165, 1.54) is 0 Å². The predicted molar refractivity (Wildman–Crippen MR) is 90.2 cm³/mol. The van der Waals surface area contributed by atoms with E-state index in [0.29, 0.717) is 19.1 Å². The molecule has 0 spiro atoms. The number of hydrogen-bond donors (Lipinski definition) is 1. The highest BCUT2D eigenvalue weighted by Crippen LogP contribution is 2.50. The van der Waals surface area contributed by atoms with Crippen molar-refractivity contribution in [1.82, 2.24) is 9.80 Å². The lowest BCUT2D eigenvalue weighted by atomic mass is 9.54. The predicted octanol–water partition coefficient (Wildman–Crippen LogP) is 0.698. The van der Waals surface area contributed by atoms with Gasteiger partial charge >= 0.3 is 0 Å². The number of nitrogens with zero attached hydrogens (tertiary/aromatic N) is 2. The van der Waals surface area contributed by atoms with E-state index < -0.39 is 5.54 Å². The molecule has 6 nitrogen and oxygen atoms in total. The molecule has 1 aliphatic carbocycles. The van der Waals surface area contributed by atoms with E-state index in [0.717, 1.165) is 32.8 Å². The number of rotatable bonds is 6. The first kappa shape index (κ1) is 18.6. The van der Waals surface area contributed by atoms with Gasteiger partial charge in [-0.2, -0.15) is 0 Å². The van der Waals surface area contributed by atoms with Crippen molar-refractivity contribution in [3.05, 3.63) is 0 Å². The van der Waals surface area contributed by atoms with Crippen LogP contribution in [0.3, 0.4) is 0 Å². The number of methoxy groups -OCH3 is 1. The average molecular weight is 327 g/mol. The van der Waals surface area contributed by atoms with Gasteiger partial charge in [0.2, 0.25) is 5.91 Å². The van der Waals surface area contributed by atoms with Gasteiger partial charge in [0.25, 0.3) is 0 Å². The maximum Gasteiger partial charge on any atom is 0.243 e. The maximum absolute atomic E-state index is 13.0. The minimum Gasteiger partial charge on any atom is -0.383 e. The fraction of sp³-hybridized carbons (Fsp3) is 0.941. The first-order chi connectivity index (χ1) is 10.8. The average Bonchev–Trinajstić information content (AvgIpc) is 2.52. The number of hydrogen-bond acceptors (Lipinski definition) is 5. The summed E-state index contributed by atoms with van der Waals surface area (Å²) in [5.74, 6) is 0.0803. The van der Waals surface area contributed by atoms with Gasteiger partial charge in [-0.1, -0.05) is 13.8 Å². The minimum absolute atomic E-state index is 0.0712. The van der Waals surface area contributed by atoms with Crippen LogP contribution in [-0.2, 0) is 14.3 Å². The molecule has 3 unspecified atom stereocenters. The van der Waals surface area contributed by atoms with Crippen molar-refractivity contribution in [3.8, 4) is 0 Å². The second-order valence-corrected chi connectivity index (χ2v) is 7.47. The monoisotopic (exact) mass is 327 g/mol. The summed E-state index contributed by atoms with van der Waals surface area (Å²) in [5, 5.41) is 0. The van der Waals surface area contributed by atoms with Crippen LogP contribution in [0, 0.1) is 5.41 Å². The Hall–Kier alpha value is -0.690. The molecule has 2 fully saturated rings. The smallest absolute Gasteiger partial charge is 0.243 e. The SMILES string of the molecule is CCOC1CC(N)(C(=O)N2CCN(CCOC)C(C)C2)C1(C)C. The highest BCUT2D eigenvalue weighted by Gasteiger charge is 2.63. The van der Waals surface area contributed by atoms with E-state index in [1.807, 2.05) is 25.7 Å². The first-order valence-corrected chi connectivity index (χ1v) is 8.70. The Morgan fingerprint density at radius 3 is 2.57 bits per heavy atom. The van der Waals surface area contributed by atoms with Crippen molar-refractivity contribution in [2.75, 3.05) is 46.5 Å². The highest BCUT2D eigenvalue weighted by atomic mass is 16.5. The molecule has 0 bridgehead atoms. The molecule has 0 aromatic heterocycles. The lowest BCUT2D eigenvalue weighted by Gasteiger charge is -2.59. The second kappa shape index (κ2) is 7.05. The molecule has 2 aliphatic rings. The van der Waals surface area contributed by atoms with Crippen molar-refractivity contribution in [2.45, 2.75) is 51.8 Å². The van der Waals surface area contributed by atoms with Crippen LogP contribution in [0.15, 0.2) is 0 Å². The first-order valence-electron chi connectivity index (χ1n) is 8.70.